The van der Waals surface area contributed by atoms with Crippen molar-refractivity contribution >= 4 is 23.7 Å². The average Bonchev–Trinajstić information content (AvgIpc) is 2.83. The number of aliphatic carboxylic acids is 1. The van der Waals surface area contributed by atoms with Gasteiger partial charge in [0.25, 0.3) is 5.91 Å². The Balaban J connectivity index is 2.09. The summed E-state index contributed by atoms with van der Waals surface area (Å²) in [5, 5.41) is 16.7. The normalized spacial score (nSPS) is 18.8. The predicted molar refractivity (Wildman–Crippen MR) is 111 cm³/mol. The molecule has 156 valence electrons. The van der Waals surface area contributed by atoms with E-state index in [2.05, 4.69) is 0 Å². The van der Waals surface area contributed by atoms with E-state index in [0.717, 1.165) is 21.6 Å². The number of nitrogen functional groups attached to an aromatic ring is 1. The minimum Gasteiger partial charge on any atom is -0.480 e. The van der Waals surface area contributed by atoms with Crippen LogP contribution in [0.3, 0.4) is 0 Å². The monoisotopic (exact) mass is 408 g/mol. The summed E-state index contributed by atoms with van der Waals surface area (Å²) < 4.78 is 0. The van der Waals surface area contributed by atoms with Gasteiger partial charge in [-0.25, -0.2) is 4.79 Å². The molecule has 1 aliphatic heterocycles. The molecule has 3 amide bonds. The number of amides is 3. The van der Waals surface area contributed by atoms with Gasteiger partial charge < -0.3 is 15.7 Å². The lowest BCUT2D eigenvalue weighted by molar-refractivity contribution is -0.143. The van der Waals surface area contributed by atoms with Crippen LogP contribution >= 0.6 is 0 Å². The van der Waals surface area contributed by atoms with Crippen LogP contribution in [0.2, 0.25) is 0 Å². The maximum Gasteiger partial charge on any atom is 0.328 e. The SMILES string of the molecule is Cc1cc(C)cc(CN2C(=O)N(CC(=O)O)C(=O)C2(C)c2ccc(C(=N)N)cc2)c1. The number of carbonyl (C=O) groups excluding carboxylic acids is 2. The molecule has 30 heavy (non-hydrogen) atoms. The Morgan fingerprint density at radius 2 is 1.67 bits per heavy atom. The fraction of sp³-hybridized carbons (Fsp3) is 0.273. The van der Waals surface area contributed by atoms with Gasteiger partial charge in [0.05, 0.1) is 0 Å². The summed E-state index contributed by atoms with van der Waals surface area (Å²) >= 11 is 0. The van der Waals surface area contributed by atoms with E-state index in [1.807, 2.05) is 32.0 Å². The van der Waals surface area contributed by atoms with Crippen molar-refractivity contribution in [1.29, 1.82) is 5.41 Å². The van der Waals surface area contributed by atoms with Gasteiger partial charge >= 0.3 is 12.0 Å². The summed E-state index contributed by atoms with van der Waals surface area (Å²) in [6.07, 6.45) is 0. The zero-order chi connectivity index (χ0) is 22.2. The quantitative estimate of drug-likeness (QED) is 0.384. The number of carboxylic acid groups (broad SMARTS) is 1. The smallest absolute Gasteiger partial charge is 0.328 e. The molecule has 0 saturated carbocycles. The number of nitrogens with one attached hydrogen (secondary N) is 1. The molecule has 8 nitrogen and oxygen atoms in total. The Hall–Kier alpha value is -3.68. The van der Waals surface area contributed by atoms with Gasteiger partial charge in [0, 0.05) is 12.1 Å². The second-order valence-corrected chi connectivity index (χ2v) is 7.71. The molecule has 3 rings (SSSR count). The highest BCUT2D eigenvalue weighted by Gasteiger charge is 2.55. The van der Waals surface area contributed by atoms with Gasteiger partial charge in [-0.15, -0.1) is 0 Å². The van der Waals surface area contributed by atoms with Crippen LogP contribution in [0.25, 0.3) is 0 Å². The number of rotatable bonds is 6. The zero-order valence-corrected chi connectivity index (χ0v) is 17.1. The molecule has 0 aliphatic carbocycles. The van der Waals surface area contributed by atoms with Gasteiger partial charge in [0.1, 0.15) is 17.9 Å². The second-order valence-electron chi connectivity index (χ2n) is 7.71. The van der Waals surface area contributed by atoms with Crippen molar-refractivity contribution < 1.29 is 19.5 Å². The maximum atomic E-state index is 13.3. The summed E-state index contributed by atoms with van der Waals surface area (Å²) in [5.41, 5.74) is 8.02. The van der Waals surface area contributed by atoms with E-state index in [0.29, 0.717) is 11.1 Å². The standard InChI is InChI=1S/C22H24N4O4/c1-13-8-14(2)10-15(9-13)11-26-21(30)25(12-18(27)28)20(29)22(26,3)17-6-4-16(5-7-17)19(23)24/h4-10H,11-12H2,1-3H3,(H3,23,24)(H,27,28). The van der Waals surface area contributed by atoms with Crippen molar-refractivity contribution in [1.82, 2.24) is 9.80 Å². The summed E-state index contributed by atoms with van der Waals surface area (Å²) in [6, 6.07) is 11.7. The topological polar surface area (TPSA) is 128 Å². The largest absolute Gasteiger partial charge is 0.480 e. The van der Waals surface area contributed by atoms with Crippen LogP contribution in [-0.2, 0) is 21.7 Å². The Kier molecular flexibility index (Phi) is 5.35. The number of carbonyl (C=O) groups is 3. The summed E-state index contributed by atoms with van der Waals surface area (Å²) in [4.78, 5) is 39.8. The number of imide groups is 1. The van der Waals surface area contributed by atoms with Gasteiger partial charge in [-0.05, 0) is 31.9 Å². The zero-order valence-electron chi connectivity index (χ0n) is 17.1. The molecule has 0 spiro atoms. The van der Waals surface area contributed by atoms with E-state index in [-0.39, 0.29) is 12.4 Å². The van der Waals surface area contributed by atoms with Gasteiger partial charge in [0.2, 0.25) is 0 Å². The number of hydrogen-bond donors (Lipinski definition) is 3. The molecule has 4 N–H and O–H groups in total. The average molecular weight is 408 g/mol. The van der Waals surface area contributed by atoms with Crippen molar-refractivity contribution in [2.75, 3.05) is 6.54 Å². The van der Waals surface area contributed by atoms with E-state index < -0.39 is 30.0 Å². The number of urea groups is 1. The van der Waals surface area contributed by atoms with E-state index in [4.69, 9.17) is 11.1 Å². The molecule has 1 atom stereocenters. The van der Waals surface area contributed by atoms with Crippen molar-refractivity contribution in [2.45, 2.75) is 32.9 Å². The number of hydrogen-bond acceptors (Lipinski definition) is 4. The molecular weight excluding hydrogens is 384 g/mol. The van der Waals surface area contributed by atoms with Crippen LogP contribution in [0.4, 0.5) is 4.79 Å². The lowest BCUT2D eigenvalue weighted by Crippen LogP contribution is -2.44. The number of amidine groups is 1. The molecule has 1 fully saturated rings. The van der Waals surface area contributed by atoms with Crippen LogP contribution in [0.5, 0.6) is 0 Å². The highest BCUT2D eigenvalue weighted by atomic mass is 16.4. The van der Waals surface area contributed by atoms with Crippen molar-refractivity contribution in [3.05, 3.63) is 70.3 Å². The van der Waals surface area contributed by atoms with Crippen molar-refractivity contribution in [3.63, 3.8) is 0 Å². The molecule has 0 aromatic heterocycles. The van der Waals surface area contributed by atoms with E-state index >= 15 is 0 Å². The highest BCUT2D eigenvalue weighted by molar-refractivity contribution is 6.08. The first-order valence-electron chi connectivity index (χ1n) is 9.41. The van der Waals surface area contributed by atoms with Crippen LogP contribution in [-0.4, -0.2) is 45.2 Å². The number of aryl methyl sites for hydroxylation is 2. The van der Waals surface area contributed by atoms with Crippen LogP contribution in [0.1, 0.15) is 34.7 Å². The van der Waals surface area contributed by atoms with Crippen molar-refractivity contribution in [2.24, 2.45) is 5.73 Å². The maximum absolute atomic E-state index is 13.3. The van der Waals surface area contributed by atoms with Gasteiger partial charge in [0.15, 0.2) is 0 Å². The third kappa shape index (κ3) is 3.63. The lowest BCUT2D eigenvalue weighted by atomic mass is 9.89. The molecule has 1 unspecified atom stereocenters. The molecule has 8 heteroatoms. The molecule has 1 heterocycles. The van der Waals surface area contributed by atoms with Gasteiger partial charge in [-0.2, -0.15) is 0 Å². The Morgan fingerprint density at radius 3 is 2.17 bits per heavy atom. The predicted octanol–water partition coefficient (Wildman–Crippen LogP) is 2.35. The number of nitrogens with two attached hydrogens (primary N) is 1. The minimum atomic E-state index is -1.39. The van der Waals surface area contributed by atoms with Crippen LogP contribution < -0.4 is 5.73 Å². The fourth-order valence-electron chi connectivity index (χ4n) is 3.90. The van der Waals surface area contributed by atoms with E-state index in [1.54, 1.807) is 31.2 Å². The Bertz CT molecular complexity index is 1030. The molecule has 2 aromatic rings. The van der Waals surface area contributed by atoms with Gasteiger partial charge in [-0.3, -0.25) is 19.9 Å². The first-order valence-corrected chi connectivity index (χ1v) is 9.41. The summed E-state index contributed by atoms with van der Waals surface area (Å²) in [5.74, 6) is -1.98. The third-order valence-electron chi connectivity index (χ3n) is 5.34. The third-order valence-corrected chi connectivity index (χ3v) is 5.34. The molecule has 1 aliphatic rings. The molecule has 2 aromatic carbocycles. The molecule has 0 radical (unpaired) electrons. The second kappa shape index (κ2) is 7.62. The molecule has 0 bridgehead atoms. The molecule has 1 saturated heterocycles. The summed E-state index contributed by atoms with van der Waals surface area (Å²) in [6.45, 7) is 4.95. The summed E-state index contributed by atoms with van der Waals surface area (Å²) in [7, 11) is 0. The number of carboxylic acids is 1. The Labute approximate surface area is 174 Å². The van der Waals surface area contributed by atoms with Crippen molar-refractivity contribution in [3.8, 4) is 0 Å². The lowest BCUT2D eigenvalue weighted by Gasteiger charge is -2.32. The van der Waals surface area contributed by atoms with E-state index in [9.17, 15) is 19.5 Å². The van der Waals surface area contributed by atoms with E-state index in [1.165, 1.54) is 4.90 Å². The van der Waals surface area contributed by atoms with Crippen LogP contribution in [0, 0.1) is 19.3 Å². The first-order chi connectivity index (χ1) is 14.0. The van der Waals surface area contributed by atoms with Crippen LogP contribution in [0.15, 0.2) is 42.5 Å². The highest BCUT2D eigenvalue weighted by Crippen LogP contribution is 2.38. The van der Waals surface area contributed by atoms with Gasteiger partial charge in [-0.1, -0.05) is 53.6 Å². The minimum absolute atomic E-state index is 0.111. The number of nitrogens with zero attached hydrogens (tertiary/aromatic N) is 2. The first kappa shape index (κ1) is 21.0. The fourth-order valence-corrected chi connectivity index (χ4v) is 3.90. The Morgan fingerprint density at radius 1 is 1.10 bits per heavy atom. The number of benzene rings is 2. The molecular formula is C22H24N4O4.